The minimum Gasteiger partial charge on any atom is -0.479 e. The van der Waals surface area contributed by atoms with Crippen LogP contribution < -0.4 is 5.32 Å². The van der Waals surface area contributed by atoms with Gasteiger partial charge in [-0.2, -0.15) is 0 Å². The van der Waals surface area contributed by atoms with Gasteiger partial charge in [0.2, 0.25) is 5.91 Å². The van der Waals surface area contributed by atoms with Gasteiger partial charge in [-0.05, 0) is 31.1 Å². The van der Waals surface area contributed by atoms with Crippen LogP contribution >= 0.6 is 0 Å². The van der Waals surface area contributed by atoms with Gasteiger partial charge < -0.3 is 15.2 Å². The Balaban J connectivity index is 1.79. The van der Waals surface area contributed by atoms with Crippen molar-refractivity contribution in [2.45, 2.75) is 64.6 Å². The molecule has 5 nitrogen and oxygen atoms in total. The van der Waals surface area contributed by atoms with Crippen molar-refractivity contribution in [3.63, 3.8) is 0 Å². The van der Waals surface area contributed by atoms with Gasteiger partial charge in [0.25, 0.3) is 0 Å². The molecule has 2 rings (SSSR count). The van der Waals surface area contributed by atoms with Gasteiger partial charge in [0.1, 0.15) is 0 Å². The van der Waals surface area contributed by atoms with Crippen molar-refractivity contribution in [3.05, 3.63) is 0 Å². The van der Waals surface area contributed by atoms with Crippen molar-refractivity contribution in [1.29, 1.82) is 0 Å². The lowest BCUT2D eigenvalue weighted by Crippen LogP contribution is -2.43. The number of carboxylic acids is 1. The Morgan fingerprint density at radius 3 is 2.60 bits per heavy atom. The Bertz CT molecular complexity index is 380. The van der Waals surface area contributed by atoms with Crippen LogP contribution in [0.15, 0.2) is 0 Å². The van der Waals surface area contributed by atoms with Crippen LogP contribution in [0.2, 0.25) is 0 Å². The van der Waals surface area contributed by atoms with Crippen LogP contribution in [-0.4, -0.2) is 35.7 Å². The number of rotatable bonds is 4. The SMILES string of the molecule is CC1(C)CCCCC1C(=O)NCC1CCC(C(=O)O)O1. The van der Waals surface area contributed by atoms with Crippen LogP contribution in [0.4, 0.5) is 0 Å². The first-order chi connectivity index (χ1) is 9.40. The summed E-state index contributed by atoms with van der Waals surface area (Å²) in [4.78, 5) is 23.1. The number of hydrogen-bond acceptors (Lipinski definition) is 3. The summed E-state index contributed by atoms with van der Waals surface area (Å²) in [6, 6.07) is 0. The van der Waals surface area contributed by atoms with Gasteiger partial charge in [-0.1, -0.05) is 26.7 Å². The van der Waals surface area contributed by atoms with Gasteiger partial charge in [-0.3, -0.25) is 4.79 Å². The number of carbonyl (C=O) groups excluding carboxylic acids is 1. The second kappa shape index (κ2) is 6.12. The van der Waals surface area contributed by atoms with Gasteiger partial charge >= 0.3 is 5.97 Å². The number of carboxylic acid groups (broad SMARTS) is 1. The van der Waals surface area contributed by atoms with Crippen LogP contribution in [-0.2, 0) is 14.3 Å². The van der Waals surface area contributed by atoms with E-state index >= 15 is 0 Å². The molecule has 1 aliphatic carbocycles. The Labute approximate surface area is 120 Å². The Morgan fingerprint density at radius 1 is 1.25 bits per heavy atom. The standard InChI is InChI=1S/C15H25NO4/c1-15(2)8-4-3-5-11(15)13(17)16-9-10-6-7-12(20-10)14(18)19/h10-12H,3-9H2,1-2H3,(H,16,17)(H,18,19). The second-order valence-corrected chi connectivity index (χ2v) is 6.69. The van der Waals surface area contributed by atoms with E-state index in [4.69, 9.17) is 9.84 Å². The molecule has 0 aromatic rings. The highest BCUT2D eigenvalue weighted by atomic mass is 16.5. The molecule has 1 amide bonds. The van der Waals surface area contributed by atoms with Crippen molar-refractivity contribution < 1.29 is 19.4 Å². The summed E-state index contributed by atoms with van der Waals surface area (Å²) in [7, 11) is 0. The zero-order valence-electron chi connectivity index (χ0n) is 12.4. The van der Waals surface area contributed by atoms with Gasteiger partial charge in [-0.15, -0.1) is 0 Å². The molecule has 114 valence electrons. The van der Waals surface area contributed by atoms with Crippen molar-refractivity contribution in [1.82, 2.24) is 5.32 Å². The first-order valence-corrected chi connectivity index (χ1v) is 7.56. The average molecular weight is 283 g/mol. The molecule has 2 N–H and O–H groups in total. The second-order valence-electron chi connectivity index (χ2n) is 6.69. The maximum atomic E-state index is 12.3. The molecule has 0 radical (unpaired) electrons. The fraction of sp³-hybridized carbons (Fsp3) is 0.867. The van der Waals surface area contributed by atoms with Crippen molar-refractivity contribution >= 4 is 11.9 Å². The fourth-order valence-corrected chi connectivity index (χ4v) is 3.36. The minimum absolute atomic E-state index is 0.0580. The molecule has 2 aliphatic rings. The van der Waals surface area contributed by atoms with E-state index in [1.807, 2.05) is 0 Å². The molecule has 3 unspecified atom stereocenters. The molecule has 5 heteroatoms. The predicted octanol–water partition coefficient (Wildman–Crippen LogP) is 1.95. The van der Waals surface area contributed by atoms with E-state index in [9.17, 15) is 9.59 Å². The van der Waals surface area contributed by atoms with Crippen molar-refractivity contribution in [3.8, 4) is 0 Å². The third-order valence-corrected chi connectivity index (χ3v) is 4.71. The number of hydrogen-bond donors (Lipinski definition) is 2. The Hall–Kier alpha value is -1.10. The Morgan fingerprint density at radius 2 is 2.00 bits per heavy atom. The summed E-state index contributed by atoms with van der Waals surface area (Å²) in [6.07, 6.45) is 4.71. The summed E-state index contributed by atoms with van der Waals surface area (Å²) in [5, 5.41) is 11.8. The predicted molar refractivity (Wildman–Crippen MR) is 74.3 cm³/mol. The third-order valence-electron chi connectivity index (χ3n) is 4.71. The maximum Gasteiger partial charge on any atom is 0.332 e. The molecule has 0 bridgehead atoms. The van der Waals surface area contributed by atoms with Crippen LogP contribution in [0, 0.1) is 11.3 Å². The fourth-order valence-electron chi connectivity index (χ4n) is 3.36. The van der Waals surface area contributed by atoms with E-state index in [0.29, 0.717) is 19.4 Å². The molecule has 1 heterocycles. The molecule has 0 aromatic carbocycles. The lowest BCUT2D eigenvalue weighted by Gasteiger charge is -2.37. The highest BCUT2D eigenvalue weighted by Crippen LogP contribution is 2.40. The molecule has 1 saturated carbocycles. The normalized spacial score (nSPS) is 32.8. The monoisotopic (exact) mass is 283 g/mol. The summed E-state index contributed by atoms with van der Waals surface area (Å²) in [5.74, 6) is -0.753. The van der Waals surface area contributed by atoms with Crippen molar-refractivity contribution in [2.24, 2.45) is 11.3 Å². The zero-order chi connectivity index (χ0) is 14.8. The van der Waals surface area contributed by atoms with Gasteiger partial charge in [0.05, 0.1) is 6.10 Å². The van der Waals surface area contributed by atoms with Crippen LogP contribution in [0.25, 0.3) is 0 Å². The third kappa shape index (κ3) is 3.51. The molecule has 20 heavy (non-hydrogen) atoms. The minimum atomic E-state index is -0.910. The molecule has 3 atom stereocenters. The van der Waals surface area contributed by atoms with E-state index in [2.05, 4.69) is 19.2 Å². The number of ether oxygens (including phenoxy) is 1. The zero-order valence-corrected chi connectivity index (χ0v) is 12.4. The van der Waals surface area contributed by atoms with E-state index < -0.39 is 12.1 Å². The quantitative estimate of drug-likeness (QED) is 0.827. The Kier molecular flexibility index (Phi) is 4.68. The summed E-state index contributed by atoms with van der Waals surface area (Å²) >= 11 is 0. The van der Waals surface area contributed by atoms with Gasteiger partial charge in [0, 0.05) is 12.5 Å². The number of nitrogens with one attached hydrogen (secondary N) is 1. The topological polar surface area (TPSA) is 75.6 Å². The summed E-state index contributed by atoms with van der Waals surface area (Å²) in [6.45, 7) is 4.74. The molecular weight excluding hydrogens is 258 g/mol. The van der Waals surface area contributed by atoms with Crippen molar-refractivity contribution in [2.75, 3.05) is 6.54 Å². The van der Waals surface area contributed by atoms with E-state index in [-0.39, 0.29) is 23.3 Å². The van der Waals surface area contributed by atoms with E-state index in [1.165, 1.54) is 6.42 Å². The largest absolute Gasteiger partial charge is 0.479 e. The molecule has 1 saturated heterocycles. The van der Waals surface area contributed by atoms with E-state index in [1.54, 1.807) is 0 Å². The number of aliphatic carboxylic acids is 1. The first-order valence-electron chi connectivity index (χ1n) is 7.56. The van der Waals surface area contributed by atoms with Gasteiger partial charge in [0.15, 0.2) is 6.10 Å². The highest BCUT2D eigenvalue weighted by Gasteiger charge is 2.37. The van der Waals surface area contributed by atoms with E-state index in [0.717, 1.165) is 19.3 Å². The number of carbonyl (C=O) groups is 2. The lowest BCUT2D eigenvalue weighted by atomic mass is 9.68. The number of amides is 1. The summed E-state index contributed by atoms with van der Waals surface area (Å²) in [5.41, 5.74) is 0.0580. The average Bonchev–Trinajstić information content (AvgIpc) is 2.84. The van der Waals surface area contributed by atoms with Crippen LogP contribution in [0.1, 0.15) is 52.4 Å². The molecule has 0 aromatic heterocycles. The highest BCUT2D eigenvalue weighted by molar-refractivity contribution is 5.79. The lowest BCUT2D eigenvalue weighted by molar-refractivity contribution is -0.149. The first kappa shape index (κ1) is 15.3. The van der Waals surface area contributed by atoms with Crippen LogP contribution in [0.3, 0.4) is 0 Å². The maximum absolute atomic E-state index is 12.3. The van der Waals surface area contributed by atoms with Gasteiger partial charge in [-0.25, -0.2) is 4.79 Å². The molecule has 2 fully saturated rings. The molecule has 1 aliphatic heterocycles. The molecule has 0 spiro atoms. The summed E-state index contributed by atoms with van der Waals surface area (Å²) < 4.78 is 5.40. The van der Waals surface area contributed by atoms with Crippen LogP contribution in [0.5, 0.6) is 0 Å². The smallest absolute Gasteiger partial charge is 0.332 e. The molecular formula is C15H25NO4.